The van der Waals surface area contributed by atoms with Gasteiger partial charge in [0.15, 0.2) is 12.4 Å². The van der Waals surface area contributed by atoms with Crippen LogP contribution in [-0.4, -0.2) is 22.5 Å². The lowest BCUT2D eigenvalue weighted by atomic mass is 10.2. The van der Waals surface area contributed by atoms with Gasteiger partial charge in [0.25, 0.3) is 5.91 Å². The highest BCUT2D eigenvalue weighted by Crippen LogP contribution is 2.28. The van der Waals surface area contributed by atoms with Crippen LogP contribution in [0.1, 0.15) is 11.4 Å². The van der Waals surface area contributed by atoms with E-state index in [1.165, 1.54) is 0 Å². The number of aromatic nitrogens is 2. The zero-order chi connectivity index (χ0) is 18.0. The minimum absolute atomic E-state index is 0.0847. The summed E-state index contributed by atoms with van der Waals surface area (Å²) in [4.78, 5) is 19.4. The molecule has 0 spiro atoms. The normalized spacial score (nSPS) is 10.6. The number of benzene rings is 1. The quantitative estimate of drug-likeness (QED) is 0.525. The molecule has 1 amide bonds. The summed E-state index contributed by atoms with van der Waals surface area (Å²) in [5.41, 5.74) is 1.11. The average Bonchev–Trinajstić information content (AvgIpc) is 2.50. The summed E-state index contributed by atoms with van der Waals surface area (Å²) in [6.45, 7) is 2.29. The maximum absolute atomic E-state index is 13.4. The second-order valence-electron chi connectivity index (χ2n) is 4.71. The van der Waals surface area contributed by atoms with Gasteiger partial charge in [-0.3, -0.25) is 10.1 Å². The Labute approximate surface area is 132 Å². The summed E-state index contributed by atoms with van der Waals surface area (Å²) >= 11 is 0. The van der Waals surface area contributed by atoms with Crippen molar-refractivity contribution in [1.29, 1.82) is 0 Å². The Morgan fingerprint density at radius 2 is 1.42 bits per heavy atom. The number of nitrogens with one attached hydrogen (secondary N) is 1. The van der Waals surface area contributed by atoms with Crippen molar-refractivity contribution in [1.82, 2.24) is 9.97 Å². The van der Waals surface area contributed by atoms with Crippen molar-refractivity contribution in [3.63, 3.8) is 0 Å². The summed E-state index contributed by atoms with van der Waals surface area (Å²) in [6.07, 6.45) is 0. The van der Waals surface area contributed by atoms with Gasteiger partial charge in [0.1, 0.15) is 0 Å². The number of amides is 1. The second-order valence-corrected chi connectivity index (χ2v) is 4.71. The van der Waals surface area contributed by atoms with Crippen molar-refractivity contribution < 1.29 is 31.5 Å². The number of carbonyl (C=O) groups excluding carboxylic acids is 1. The van der Waals surface area contributed by atoms with Crippen LogP contribution >= 0.6 is 0 Å². The molecule has 1 aromatic heterocycles. The molecule has 0 bridgehead atoms. The predicted octanol–water partition coefficient (Wildman–Crippen LogP) is 2.81. The van der Waals surface area contributed by atoms with Crippen molar-refractivity contribution in [2.45, 2.75) is 13.8 Å². The van der Waals surface area contributed by atoms with Gasteiger partial charge in [-0.1, -0.05) is 0 Å². The number of hydrogen-bond acceptors (Lipinski definition) is 4. The van der Waals surface area contributed by atoms with Crippen molar-refractivity contribution in [3.05, 3.63) is 46.5 Å². The Morgan fingerprint density at radius 1 is 0.958 bits per heavy atom. The Bertz CT molecular complexity index is 764. The van der Waals surface area contributed by atoms with Crippen molar-refractivity contribution >= 4 is 11.9 Å². The Morgan fingerprint density at radius 3 is 1.92 bits per heavy atom. The SMILES string of the molecule is Cc1cc(C)nc(NC(=O)COc2c(F)c(F)c(F)c(F)c2F)n1. The van der Waals surface area contributed by atoms with Gasteiger partial charge >= 0.3 is 0 Å². The highest BCUT2D eigenvalue weighted by molar-refractivity contribution is 5.90. The fourth-order valence-corrected chi connectivity index (χ4v) is 1.79. The molecule has 0 saturated heterocycles. The van der Waals surface area contributed by atoms with Gasteiger partial charge < -0.3 is 4.74 Å². The molecule has 1 heterocycles. The van der Waals surface area contributed by atoms with Crippen LogP contribution in [0.4, 0.5) is 27.9 Å². The second kappa shape index (κ2) is 6.77. The van der Waals surface area contributed by atoms with Crippen LogP contribution in [-0.2, 0) is 4.79 Å². The lowest BCUT2D eigenvalue weighted by Gasteiger charge is -2.10. The molecule has 2 aromatic rings. The van der Waals surface area contributed by atoms with Crippen LogP contribution in [0, 0.1) is 42.9 Å². The molecule has 24 heavy (non-hydrogen) atoms. The third-order valence-corrected chi connectivity index (χ3v) is 2.75. The molecule has 0 unspecified atom stereocenters. The largest absolute Gasteiger partial charge is 0.477 e. The van der Waals surface area contributed by atoms with Gasteiger partial charge in [0, 0.05) is 11.4 Å². The smallest absolute Gasteiger partial charge is 0.264 e. The standard InChI is InChI=1S/C14H10F5N3O2/c1-5-3-6(2)21-14(20-5)22-7(23)4-24-13-11(18)9(16)8(15)10(17)12(13)19/h3H,4H2,1-2H3,(H,20,21,22,23). The van der Waals surface area contributed by atoms with E-state index in [0.29, 0.717) is 11.4 Å². The van der Waals surface area contributed by atoms with Crippen LogP contribution in [0.5, 0.6) is 5.75 Å². The molecule has 0 aliphatic heterocycles. The van der Waals surface area contributed by atoms with Gasteiger partial charge in [-0.25, -0.2) is 23.1 Å². The molecule has 1 aromatic carbocycles. The summed E-state index contributed by atoms with van der Waals surface area (Å²) in [6, 6.07) is 1.64. The first-order valence-electron chi connectivity index (χ1n) is 6.47. The maximum Gasteiger partial charge on any atom is 0.264 e. The monoisotopic (exact) mass is 347 g/mol. The molecular weight excluding hydrogens is 337 g/mol. The highest BCUT2D eigenvalue weighted by atomic mass is 19.2. The van der Waals surface area contributed by atoms with Crippen LogP contribution < -0.4 is 10.1 Å². The van der Waals surface area contributed by atoms with E-state index in [-0.39, 0.29) is 5.95 Å². The molecule has 2 rings (SSSR count). The molecule has 1 N–H and O–H groups in total. The zero-order valence-corrected chi connectivity index (χ0v) is 12.4. The predicted molar refractivity (Wildman–Crippen MR) is 71.9 cm³/mol. The van der Waals surface area contributed by atoms with Crippen molar-refractivity contribution in [2.24, 2.45) is 0 Å². The summed E-state index contributed by atoms with van der Waals surface area (Å²) in [5, 5.41) is 2.18. The fraction of sp³-hybridized carbons (Fsp3) is 0.214. The van der Waals surface area contributed by atoms with Gasteiger partial charge in [-0.15, -0.1) is 0 Å². The van der Waals surface area contributed by atoms with E-state index in [9.17, 15) is 26.7 Å². The number of ether oxygens (including phenoxy) is 1. The topological polar surface area (TPSA) is 64.1 Å². The fourth-order valence-electron chi connectivity index (χ4n) is 1.79. The van der Waals surface area contributed by atoms with Crippen LogP contribution in [0.2, 0.25) is 0 Å². The van der Waals surface area contributed by atoms with E-state index in [1.807, 2.05) is 0 Å². The first-order valence-corrected chi connectivity index (χ1v) is 6.47. The molecule has 0 radical (unpaired) electrons. The van der Waals surface area contributed by atoms with Crippen molar-refractivity contribution in [2.75, 3.05) is 11.9 Å². The van der Waals surface area contributed by atoms with Gasteiger partial charge in [0.2, 0.25) is 35.0 Å². The number of rotatable bonds is 4. The Hall–Kier alpha value is -2.78. The summed E-state index contributed by atoms with van der Waals surface area (Å²) in [5.74, 6) is -13.5. The highest BCUT2D eigenvalue weighted by Gasteiger charge is 2.27. The average molecular weight is 347 g/mol. The van der Waals surface area contributed by atoms with Gasteiger partial charge in [-0.2, -0.15) is 8.78 Å². The number of nitrogens with zero attached hydrogens (tertiary/aromatic N) is 2. The van der Waals surface area contributed by atoms with E-state index in [2.05, 4.69) is 20.0 Å². The maximum atomic E-state index is 13.4. The molecule has 0 aliphatic rings. The zero-order valence-electron chi connectivity index (χ0n) is 12.4. The number of carbonyl (C=O) groups is 1. The molecule has 128 valence electrons. The number of anilines is 1. The summed E-state index contributed by atoms with van der Waals surface area (Å²) in [7, 11) is 0. The van der Waals surface area contributed by atoms with Gasteiger partial charge in [-0.05, 0) is 19.9 Å². The van der Waals surface area contributed by atoms with Gasteiger partial charge in [0.05, 0.1) is 0 Å². The molecule has 10 heteroatoms. The van der Waals surface area contributed by atoms with E-state index in [0.717, 1.165) is 0 Å². The molecule has 0 atom stereocenters. The third-order valence-electron chi connectivity index (χ3n) is 2.75. The lowest BCUT2D eigenvalue weighted by molar-refractivity contribution is -0.118. The third kappa shape index (κ3) is 3.58. The van der Waals surface area contributed by atoms with E-state index in [4.69, 9.17) is 0 Å². The molecule has 0 fully saturated rings. The Kier molecular flexibility index (Phi) is 4.96. The lowest BCUT2D eigenvalue weighted by Crippen LogP contribution is -2.23. The first-order chi connectivity index (χ1) is 11.2. The molecule has 0 aliphatic carbocycles. The van der Waals surface area contributed by atoms with Crippen molar-refractivity contribution in [3.8, 4) is 5.75 Å². The minimum atomic E-state index is -2.31. The molecule has 0 saturated carbocycles. The van der Waals surface area contributed by atoms with Crippen LogP contribution in [0.15, 0.2) is 6.07 Å². The molecular formula is C14H10F5N3O2. The number of halogens is 5. The van der Waals surface area contributed by atoms with E-state index >= 15 is 0 Å². The number of aryl methyl sites for hydroxylation is 2. The minimum Gasteiger partial charge on any atom is -0.477 e. The van der Waals surface area contributed by atoms with E-state index < -0.39 is 47.3 Å². The van der Waals surface area contributed by atoms with E-state index in [1.54, 1.807) is 19.9 Å². The van der Waals surface area contributed by atoms with Crippen LogP contribution in [0.25, 0.3) is 0 Å². The Balaban J connectivity index is 2.12. The van der Waals surface area contributed by atoms with Crippen LogP contribution in [0.3, 0.4) is 0 Å². The molecule has 5 nitrogen and oxygen atoms in total. The first kappa shape index (κ1) is 17.6. The number of hydrogen-bond donors (Lipinski definition) is 1. The summed E-state index contributed by atoms with van der Waals surface area (Å²) < 4.78 is 70.1.